The van der Waals surface area contributed by atoms with Crippen LogP contribution in [0.5, 0.6) is 0 Å². The molecule has 150 valence electrons. The zero-order valence-corrected chi connectivity index (χ0v) is 17.3. The molecule has 0 fully saturated rings. The van der Waals surface area contributed by atoms with Gasteiger partial charge in [0.1, 0.15) is 0 Å². The molecule has 0 saturated carbocycles. The first-order chi connectivity index (χ1) is 13.3. The molecule has 3 rings (SSSR count). The number of rotatable bonds is 8. The lowest BCUT2D eigenvalue weighted by Crippen LogP contribution is -2.31. The van der Waals surface area contributed by atoms with Crippen LogP contribution in [-0.4, -0.2) is 20.4 Å². The molecule has 0 saturated heterocycles. The lowest BCUT2D eigenvalue weighted by atomic mass is 10.0. The highest BCUT2D eigenvalue weighted by molar-refractivity contribution is 7.88. The summed E-state index contributed by atoms with van der Waals surface area (Å²) in [5.74, 6) is -0.0541. The summed E-state index contributed by atoms with van der Waals surface area (Å²) in [6, 6.07) is 13.5. The van der Waals surface area contributed by atoms with Crippen LogP contribution < -0.4 is 10.0 Å². The molecule has 0 atom stereocenters. The molecule has 0 heterocycles. The van der Waals surface area contributed by atoms with E-state index < -0.39 is 10.0 Å². The number of sulfonamides is 1. The predicted molar refractivity (Wildman–Crippen MR) is 111 cm³/mol. The van der Waals surface area contributed by atoms with E-state index in [0.29, 0.717) is 13.0 Å². The first kappa shape index (κ1) is 20.6. The number of amides is 1. The third-order valence-electron chi connectivity index (χ3n) is 4.81. The summed E-state index contributed by atoms with van der Waals surface area (Å²) < 4.78 is 26.5. The summed E-state index contributed by atoms with van der Waals surface area (Å²) in [6.45, 7) is 4.03. The van der Waals surface area contributed by atoms with Gasteiger partial charge < -0.3 is 5.32 Å². The Labute approximate surface area is 167 Å². The van der Waals surface area contributed by atoms with E-state index >= 15 is 0 Å². The third-order valence-corrected chi connectivity index (χ3v) is 6.36. The van der Waals surface area contributed by atoms with E-state index in [1.165, 1.54) is 17.5 Å². The molecule has 0 bridgehead atoms. The van der Waals surface area contributed by atoms with Gasteiger partial charge in [0.15, 0.2) is 0 Å². The van der Waals surface area contributed by atoms with Gasteiger partial charge in [0, 0.05) is 12.6 Å². The lowest BCUT2D eigenvalue weighted by molar-refractivity contribution is -0.120. The van der Waals surface area contributed by atoms with Crippen molar-refractivity contribution in [1.82, 2.24) is 10.0 Å². The van der Waals surface area contributed by atoms with E-state index in [2.05, 4.69) is 22.2 Å². The normalized spacial score (nSPS) is 13.5. The monoisotopic (exact) mass is 400 g/mol. The van der Waals surface area contributed by atoms with Crippen molar-refractivity contribution in [3.63, 3.8) is 0 Å². The van der Waals surface area contributed by atoms with Crippen LogP contribution in [0, 0.1) is 0 Å². The summed E-state index contributed by atoms with van der Waals surface area (Å²) in [7, 11) is -3.33. The Morgan fingerprint density at radius 2 is 1.61 bits per heavy atom. The van der Waals surface area contributed by atoms with Gasteiger partial charge in [-0.25, -0.2) is 13.1 Å². The number of benzene rings is 2. The first-order valence-corrected chi connectivity index (χ1v) is 11.4. The van der Waals surface area contributed by atoms with Gasteiger partial charge in [-0.15, -0.1) is 0 Å². The highest BCUT2D eigenvalue weighted by Gasteiger charge is 2.14. The van der Waals surface area contributed by atoms with Crippen molar-refractivity contribution in [3.8, 4) is 0 Å². The Kier molecular flexibility index (Phi) is 6.52. The summed E-state index contributed by atoms with van der Waals surface area (Å²) in [6.07, 6.45) is 3.84. The molecular formula is C22H28N2O3S. The fraction of sp³-hybridized carbons (Fsp3) is 0.409. The molecule has 2 aromatic rings. The molecule has 2 aromatic carbocycles. The maximum atomic E-state index is 12.2. The zero-order valence-electron chi connectivity index (χ0n) is 16.5. The van der Waals surface area contributed by atoms with E-state index in [-0.39, 0.29) is 17.7 Å². The van der Waals surface area contributed by atoms with Gasteiger partial charge in [0.2, 0.25) is 15.9 Å². The average molecular weight is 401 g/mol. The number of carbonyl (C=O) groups excluding carboxylic acids is 1. The van der Waals surface area contributed by atoms with Crippen LogP contribution in [0.25, 0.3) is 0 Å². The van der Waals surface area contributed by atoms with Crippen LogP contribution in [0.15, 0.2) is 42.5 Å². The Balaban J connectivity index is 1.50. The summed E-state index contributed by atoms with van der Waals surface area (Å²) >= 11 is 0. The van der Waals surface area contributed by atoms with Gasteiger partial charge in [-0.3, -0.25) is 4.79 Å². The number of aryl methyl sites for hydroxylation is 2. The van der Waals surface area contributed by atoms with Gasteiger partial charge in [0.25, 0.3) is 0 Å². The van der Waals surface area contributed by atoms with Crippen LogP contribution in [0.3, 0.4) is 0 Å². The largest absolute Gasteiger partial charge is 0.352 e. The molecule has 28 heavy (non-hydrogen) atoms. The maximum absolute atomic E-state index is 12.2. The molecule has 0 radical (unpaired) electrons. The van der Waals surface area contributed by atoms with Gasteiger partial charge in [-0.1, -0.05) is 42.5 Å². The van der Waals surface area contributed by atoms with Crippen LogP contribution in [0.2, 0.25) is 0 Å². The Bertz CT molecular complexity index is 935. The van der Waals surface area contributed by atoms with E-state index in [0.717, 1.165) is 29.5 Å². The van der Waals surface area contributed by atoms with Crippen LogP contribution >= 0.6 is 0 Å². The molecule has 0 unspecified atom stereocenters. The van der Waals surface area contributed by atoms with Gasteiger partial charge in [0.05, 0.1) is 12.2 Å². The van der Waals surface area contributed by atoms with Gasteiger partial charge >= 0.3 is 0 Å². The van der Waals surface area contributed by atoms with Crippen LogP contribution in [0.1, 0.15) is 48.1 Å². The smallest absolute Gasteiger partial charge is 0.224 e. The molecule has 1 amide bonds. The Hall–Kier alpha value is -2.18. The molecule has 6 heteroatoms. The van der Waals surface area contributed by atoms with E-state index in [1.807, 2.05) is 18.2 Å². The average Bonchev–Trinajstić information content (AvgIpc) is 3.07. The molecule has 5 nitrogen and oxygen atoms in total. The summed E-state index contributed by atoms with van der Waals surface area (Å²) in [4.78, 5) is 12.2. The minimum Gasteiger partial charge on any atom is -0.352 e. The Morgan fingerprint density at radius 1 is 0.964 bits per heavy atom. The molecule has 1 aliphatic carbocycles. The maximum Gasteiger partial charge on any atom is 0.224 e. The molecule has 2 N–H and O–H groups in total. The zero-order chi connectivity index (χ0) is 20.1. The number of hydrogen-bond donors (Lipinski definition) is 2. The predicted octanol–water partition coefficient (Wildman–Crippen LogP) is 2.86. The van der Waals surface area contributed by atoms with Gasteiger partial charge in [-0.2, -0.15) is 0 Å². The minimum absolute atomic E-state index is 0.00858. The number of fused-ring (bicyclic) bond motifs is 1. The summed E-state index contributed by atoms with van der Waals surface area (Å²) in [5, 5.41) is 2.94. The number of carbonyl (C=O) groups is 1. The second-order valence-electron chi connectivity index (χ2n) is 7.76. The van der Waals surface area contributed by atoms with Crippen molar-refractivity contribution in [2.45, 2.75) is 57.9 Å². The Morgan fingerprint density at radius 3 is 2.32 bits per heavy atom. The van der Waals surface area contributed by atoms with E-state index in [9.17, 15) is 13.2 Å². The van der Waals surface area contributed by atoms with Gasteiger partial charge in [-0.05, 0) is 60.9 Å². The van der Waals surface area contributed by atoms with Crippen molar-refractivity contribution in [2.24, 2.45) is 0 Å². The van der Waals surface area contributed by atoms with Crippen LogP contribution in [-0.2, 0) is 46.4 Å². The highest BCUT2D eigenvalue weighted by Crippen LogP contribution is 2.23. The summed E-state index contributed by atoms with van der Waals surface area (Å²) in [5.41, 5.74) is 5.51. The third kappa shape index (κ3) is 5.91. The number of hydrogen-bond acceptors (Lipinski definition) is 3. The molecule has 0 spiro atoms. The molecule has 0 aliphatic heterocycles. The van der Waals surface area contributed by atoms with E-state index in [1.54, 1.807) is 26.0 Å². The van der Waals surface area contributed by atoms with Crippen molar-refractivity contribution in [2.75, 3.05) is 0 Å². The van der Waals surface area contributed by atoms with Crippen LogP contribution in [0.4, 0.5) is 0 Å². The molecular weight excluding hydrogens is 372 g/mol. The molecule has 0 aromatic heterocycles. The first-order valence-electron chi connectivity index (χ1n) is 9.76. The second kappa shape index (κ2) is 8.88. The van der Waals surface area contributed by atoms with Crippen molar-refractivity contribution in [1.29, 1.82) is 0 Å². The molecule has 1 aliphatic rings. The number of nitrogens with one attached hydrogen (secondary N) is 2. The van der Waals surface area contributed by atoms with Crippen molar-refractivity contribution < 1.29 is 13.2 Å². The van der Waals surface area contributed by atoms with E-state index in [4.69, 9.17) is 0 Å². The SMILES string of the molecule is CC(C)NS(=O)(=O)Cc1ccc(CNC(=O)Cc2ccc3c(c2)CCC3)cc1. The van der Waals surface area contributed by atoms with Crippen molar-refractivity contribution >= 4 is 15.9 Å². The topological polar surface area (TPSA) is 75.3 Å². The fourth-order valence-corrected chi connectivity index (χ4v) is 4.99. The van der Waals surface area contributed by atoms with Crippen molar-refractivity contribution in [3.05, 3.63) is 70.3 Å². The minimum atomic E-state index is -3.33. The second-order valence-corrected chi connectivity index (χ2v) is 9.51. The standard InChI is InChI=1S/C22H28N2O3S/c1-16(2)24-28(26,27)15-18-8-6-17(7-9-18)14-23-22(25)13-19-10-11-20-4-3-5-21(20)12-19/h6-12,16,24H,3-5,13-15H2,1-2H3,(H,23,25). The lowest BCUT2D eigenvalue weighted by Gasteiger charge is -2.10. The highest BCUT2D eigenvalue weighted by atomic mass is 32.2. The fourth-order valence-electron chi connectivity index (χ4n) is 3.56. The quantitative estimate of drug-likeness (QED) is 0.715.